The van der Waals surface area contributed by atoms with Crippen molar-refractivity contribution in [3.63, 3.8) is 0 Å². The van der Waals surface area contributed by atoms with Gasteiger partial charge in [0.25, 0.3) is 25.2 Å². The smallest absolute Gasteiger partial charge is 0.264 e. The Morgan fingerprint density at radius 2 is 1.53 bits per heavy atom. The zero-order valence-corrected chi connectivity index (χ0v) is 29.9. The van der Waals surface area contributed by atoms with Crippen LogP contribution < -0.4 is 9.47 Å². The molecule has 0 atom stereocenters. The quantitative estimate of drug-likeness (QED) is 0.0572. The highest BCUT2D eigenvalue weighted by Gasteiger charge is 2.25. The number of thioether (sulfide) groups is 1. The van der Waals surface area contributed by atoms with Crippen LogP contribution in [-0.2, 0) is 26.8 Å². The molecule has 0 fully saturated rings. The first-order chi connectivity index (χ1) is 22.4. The average molecular weight is 753 g/mol. The van der Waals surface area contributed by atoms with Crippen LogP contribution in [0.5, 0.6) is 0 Å². The molecule has 0 unspecified atom stereocenters. The molecule has 4 aromatic rings. The molecule has 47 heavy (non-hydrogen) atoms. The fourth-order valence-electron chi connectivity index (χ4n) is 5.17. The molecule has 2 N–H and O–H groups in total. The van der Waals surface area contributed by atoms with Crippen molar-refractivity contribution in [1.82, 2.24) is 0 Å². The second-order valence-corrected chi connectivity index (χ2v) is 17.0. The van der Waals surface area contributed by atoms with Gasteiger partial charge in [-0.25, -0.2) is 0 Å². The first-order valence-electron chi connectivity index (χ1n) is 14.8. The summed E-state index contributed by atoms with van der Waals surface area (Å²) >= 11 is 15.9. The number of anilines is 1. The topological polar surface area (TPSA) is 116 Å². The van der Waals surface area contributed by atoms with E-state index in [1.165, 1.54) is 0 Å². The van der Waals surface area contributed by atoms with Crippen molar-refractivity contribution in [2.24, 2.45) is 0 Å². The molecule has 1 aliphatic rings. The molecule has 0 saturated carbocycles. The van der Waals surface area contributed by atoms with Crippen molar-refractivity contribution < 1.29 is 30.5 Å². The maximum absolute atomic E-state index is 11.3. The molecule has 5 rings (SSSR count). The molecule has 0 amide bonds. The van der Waals surface area contributed by atoms with Crippen LogP contribution in [0, 0.1) is 0 Å². The van der Waals surface area contributed by atoms with Crippen LogP contribution >= 0.6 is 46.3 Å². The SMILES string of the molecule is O=S(=O)(O)CCCCN1\C(=C/C=C(/C=C/c2sc3ccc(Cl)cc3[n+]2CCCCS(=O)(=O)O)c2ccccc2)Sc2ccc(Cl)cc21. The Labute approximate surface area is 293 Å². The van der Waals surface area contributed by atoms with Crippen LogP contribution in [0.25, 0.3) is 21.9 Å². The van der Waals surface area contributed by atoms with E-state index in [9.17, 15) is 16.8 Å². The number of allylic oxidation sites excluding steroid dienone is 4. The number of rotatable bonds is 14. The lowest BCUT2D eigenvalue weighted by Crippen LogP contribution is -2.35. The van der Waals surface area contributed by atoms with E-state index in [1.807, 2.05) is 91.0 Å². The number of aromatic nitrogens is 1. The third-order valence-corrected chi connectivity index (χ3v) is 11.7. The Balaban J connectivity index is 1.47. The minimum absolute atomic E-state index is 0.289. The van der Waals surface area contributed by atoms with Crippen molar-refractivity contribution in [2.75, 3.05) is 23.0 Å². The van der Waals surface area contributed by atoms with Crippen molar-refractivity contribution in [1.29, 1.82) is 0 Å². The van der Waals surface area contributed by atoms with E-state index in [1.54, 1.807) is 23.1 Å². The highest BCUT2D eigenvalue weighted by molar-refractivity contribution is 8.03. The number of thiazole rings is 1. The summed E-state index contributed by atoms with van der Waals surface area (Å²) in [5, 5.41) is 3.13. The molecule has 0 bridgehead atoms. The van der Waals surface area contributed by atoms with Gasteiger partial charge in [0.2, 0.25) is 5.52 Å². The Morgan fingerprint density at radius 1 is 0.851 bits per heavy atom. The summed E-state index contributed by atoms with van der Waals surface area (Å²) in [5.41, 5.74) is 3.86. The lowest BCUT2D eigenvalue weighted by Gasteiger charge is -2.20. The van der Waals surface area contributed by atoms with Gasteiger partial charge in [0.05, 0.1) is 22.2 Å². The second-order valence-electron chi connectivity index (χ2n) is 10.9. The zero-order valence-electron chi connectivity index (χ0n) is 25.1. The van der Waals surface area contributed by atoms with Gasteiger partial charge < -0.3 is 4.90 Å². The molecule has 1 aliphatic heterocycles. The summed E-state index contributed by atoms with van der Waals surface area (Å²) in [6.07, 6.45) is 9.95. The summed E-state index contributed by atoms with van der Waals surface area (Å²) in [6, 6.07) is 21.4. The number of nitrogens with zero attached hydrogens (tertiary/aromatic N) is 2. The number of aryl methyl sites for hydroxylation is 1. The Hall–Kier alpha value is -2.68. The lowest BCUT2D eigenvalue weighted by molar-refractivity contribution is -0.669. The van der Waals surface area contributed by atoms with Gasteiger partial charge in [0.1, 0.15) is 4.70 Å². The van der Waals surface area contributed by atoms with Crippen LogP contribution in [0.4, 0.5) is 5.69 Å². The fourth-order valence-corrected chi connectivity index (χ4v) is 8.78. The molecule has 14 heteroatoms. The summed E-state index contributed by atoms with van der Waals surface area (Å²) in [6.45, 7) is 1.10. The minimum Gasteiger partial charge on any atom is -0.335 e. The van der Waals surface area contributed by atoms with Gasteiger partial charge in [0.15, 0.2) is 6.54 Å². The maximum atomic E-state index is 11.3. The van der Waals surface area contributed by atoms with E-state index < -0.39 is 20.2 Å². The summed E-state index contributed by atoms with van der Waals surface area (Å²) in [7, 11) is -8.05. The molecule has 0 spiro atoms. The van der Waals surface area contributed by atoms with E-state index in [2.05, 4.69) is 9.47 Å². The highest BCUT2D eigenvalue weighted by Crippen LogP contribution is 2.47. The Kier molecular flexibility index (Phi) is 11.9. The molecule has 0 saturated heterocycles. The van der Waals surface area contributed by atoms with Gasteiger partial charge in [-0.2, -0.15) is 21.4 Å². The van der Waals surface area contributed by atoms with Gasteiger partial charge in [-0.1, -0.05) is 82.7 Å². The molecular formula is C33H33Cl2N2O6S4+. The van der Waals surface area contributed by atoms with Crippen molar-refractivity contribution in [3.05, 3.63) is 111 Å². The van der Waals surface area contributed by atoms with Gasteiger partial charge in [-0.3, -0.25) is 9.11 Å². The molecule has 0 aliphatic carbocycles. The second kappa shape index (κ2) is 15.7. The summed E-state index contributed by atoms with van der Waals surface area (Å²) in [5.74, 6) is -0.578. The molecule has 2 heterocycles. The number of hydrogen-bond acceptors (Lipinski definition) is 7. The van der Waals surface area contributed by atoms with Gasteiger partial charge in [-0.15, -0.1) is 0 Å². The van der Waals surface area contributed by atoms with Gasteiger partial charge >= 0.3 is 0 Å². The third kappa shape index (κ3) is 10.2. The largest absolute Gasteiger partial charge is 0.335 e. The van der Waals surface area contributed by atoms with Crippen molar-refractivity contribution in [3.8, 4) is 0 Å². The van der Waals surface area contributed by atoms with E-state index in [0.29, 0.717) is 48.8 Å². The molecule has 248 valence electrons. The number of hydrogen-bond donors (Lipinski definition) is 2. The molecule has 8 nitrogen and oxygen atoms in total. The normalized spacial score (nSPS) is 14.9. The van der Waals surface area contributed by atoms with E-state index in [0.717, 1.165) is 42.0 Å². The predicted molar refractivity (Wildman–Crippen MR) is 195 cm³/mol. The van der Waals surface area contributed by atoms with Crippen LogP contribution in [-0.4, -0.2) is 44.0 Å². The Morgan fingerprint density at radius 3 is 2.26 bits per heavy atom. The third-order valence-electron chi connectivity index (χ3n) is 7.37. The average Bonchev–Trinajstić information content (AvgIpc) is 3.53. The first kappa shape index (κ1) is 35.6. The lowest BCUT2D eigenvalue weighted by atomic mass is 10.1. The minimum atomic E-state index is -4.03. The number of benzene rings is 3. The van der Waals surface area contributed by atoms with Crippen molar-refractivity contribution in [2.45, 2.75) is 37.1 Å². The molecule has 3 aromatic carbocycles. The molecule has 0 radical (unpaired) electrons. The molecular weight excluding hydrogens is 720 g/mol. The molecule has 1 aromatic heterocycles. The monoisotopic (exact) mass is 751 g/mol. The van der Waals surface area contributed by atoms with Gasteiger partial charge in [0, 0.05) is 40.0 Å². The highest BCUT2D eigenvalue weighted by atomic mass is 35.5. The predicted octanol–water partition coefficient (Wildman–Crippen LogP) is 8.38. The van der Waals surface area contributed by atoms with Crippen LogP contribution in [0.1, 0.15) is 36.3 Å². The summed E-state index contributed by atoms with van der Waals surface area (Å²) in [4.78, 5) is 3.16. The van der Waals surface area contributed by atoms with E-state index >= 15 is 0 Å². The maximum Gasteiger partial charge on any atom is 0.264 e. The van der Waals surface area contributed by atoms with E-state index in [4.69, 9.17) is 32.3 Å². The standard InChI is InChI=1S/C33H32Cl2N2O6S4/c34-26-12-14-30-28(22-26)36(18-4-6-20-46(38,39)40)32(44-30)16-10-25(24-8-2-1-3-9-24)11-17-33-37(19-5-7-21-47(41,42)43)29-23-27(35)13-15-31(29)45-33/h1-3,8-17,22-23H,4-7,18-21H2,(H-,38,39,40,41,42,43)/p+1. The Bertz CT molecular complexity index is 2060. The zero-order chi connectivity index (χ0) is 33.6. The van der Waals surface area contributed by atoms with Crippen LogP contribution in [0.15, 0.2) is 94.9 Å². The van der Waals surface area contributed by atoms with Gasteiger partial charge in [-0.05, 0) is 72.9 Å². The van der Waals surface area contributed by atoms with Crippen LogP contribution in [0.3, 0.4) is 0 Å². The fraction of sp³-hybridized carbons (Fsp3) is 0.242. The summed E-state index contributed by atoms with van der Waals surface area (Å²) < 4.78 is 66.5. The number of halogens is 2. The van der Waals surface area contributed by atoms with Crippen molar-refractivity contribution >= 4 is 94.1 Å². The van der Waals surface area contributed by atoms with E-state index in [-0.39, 0.29) is 11.5 Å². The van der Waals surface area contributed by atoms with Crippen LogP contribution in [0.2, 0.25) is 10.0 Å². The number of fused-ring (bicyclic) bond motifs is 2. The number of unbranched alkanes of at least 4 members (excludes halogenated alkanes) is 2. The first-order valence-corrected chi connectivity index (χ1v) is 20.4.